The summed E-state index contributed by atoms with van der Waals surface area (Å²) in [5.74, 6) is 0.866. The van der Waals surface area contributed by atoms with Crippen LogP contribution in [0, 0.1) is 0 Å². The van der Waals surface area contributed by atoms with E-state index in [2.05, 4.69) is 26.1 Å². The molecule has 1 heterocycles. The summed E-state index contributed by atoms with van der Waals surface area (Å²) in [5.41, 5.74) is 2.98. The molecule has 3 rings (SSSR count). The minimum Gasteiger partial charge on any atom is -0.497 e. The third-order valence-corrected chi connectivity index (χ3v) is 5.67. The van der Waals surface area contributed by atoms with Gasteiger partial charge in [0.2, 0.25) is 5.91 Å². The molecule has 2 aromatic carbocycles. The standard InChI is InChI=1S/C25H32N2O3/c1-25(2,3)20-9-7-19(8-10-20)24(29)27-15-13-21(14-16-27)26-23(28)17-18-5-11-22(30-4)12-6-18/h5-12,21H,13-17H2,1-4H3,(H,26,28). The summed E-state index contributed by atoms with van der Waals surface area (Å²) >= 11 is 0. The Hall–Kier alpha value is -2.82. The molecule has 1 saturated heterocycles. The molecule has 160 valence electrons. The number of methoxy groups -OCH3 is 1. The predicted octanol–water partition coefficient (Wildman–Crippen LogP) is 3.96. The van der Waals surface area contributed by atoms with E-state index in [1.807, 2.05) is 53.4 Å². The zero-order valence-corrected chi connectivity index (χ0v) is 18.4. The van der Waals surface area contributed by atoms with E-state index >= 15 is 0 Å². The molecule has 1 N–H and O–H groups in total. The number of hydrogen-bond acceptors (Lipinski definition) is 3. The van der Waals surface area contributed by atoms with Crippen molar-refractivity contribution >= 4 is 11.8 Å². The molecule has 5 heteroatoms. The Morgan fingerprint density at radius 2 is 1.60 bits per heavy atom. The first-order valence-electron chi connectivity index (χ1n) is 10.6. The van der Waals surface area contributed by atoms with Gasteiger partial charge in [-0.15, -0.1) is 0 Å². The molecule has 5 nitrogen and oxygen atoms in total. The monoisotopic (exact) mass is 408 g/mol. The second-order valence-corrected chi connectivity index (χ2v) is 8.99. The predicted molar refractivity (Wildman–Crippen MR) is 119 cm³/mol. The van der Waals surface area contributed by atoms with Gasteiger partial charge in [0.05, 0.1) is 13.5 Å². The molecule has 2 aromatic rings. The van der Waals surface area contributed by atoms with Gasteiger partial charge in [0.15, 0.2) is 0 Å². The van der Waals surface area contributed by atoms with Gasteiger partial charge in [-0.25, -0.2) is 0 Å². The maximum Gasteiger partial charge on any atom is 0.253 e. The number of carbonyl (C=O) groups is 2. The first-order chi connectivity index (χ1) is 14.3. The Bertz CT molecular complexity index is 859. The fraction of sp³-hybridized carbons (Fsp3) is 0.440. The number of ether oxygens (including phenoxy) is 1. The van der Waals surface area contributed by atoms with Crippen molar-refractivity contribution in [1.29, 1.82) is 0 Å². The number of nitrogens with one attached hydrogen (secondary N) is 1. The van der Waals surface area contributed by atoms with Crippen LogP contribution in [0.5, 0.6) is 5.75 Å². The number of carbonyl (C=O) groups excluding carboxylic acids is 2. The summed E-state index contributed by atoms with van der Waals surface area (Å²) in [6.45, 7) is 7.81. The van der Waals surface area contributed by atoms with Crippen LogP contribution in [0.4, 0.5) is 0 Å². The Balaban J connectivity index is 1.48. The van der Waals surface area contributed by atoms with Crippen LogP contribution < -0.4 is 10.1 Å². The average Bonchev–Trinajstić information content (AvgIpc) is 2.74. The van der Waals surface area contributed by atoms with Crippen molar-refractivity contribution in [3.63, 3.8) is 0 Å². The van der Waals surface area contributed by atoms with E-state index in [0.717, 1.165) is 29.7 Å². The maximum atomic E-state index is 12.8. The van der Waals surface area contributed by atoms with Crippen LogP contribution >= 0.6 is 0 Å². The molecule has 0 radical (unpaired) electrons. The number of nitrogens with zero attached hydrogens (tertiary/aromatic N) is 1. The molecule has 30 heavy (non-hydrogen) atoms. The van der Waals surface area contributed by atoms with Gasteiger partial charge in [0, 0.05) is 24.7 Å². The number of benzene rings is 2. The molecule has 0 saturated carbocycles. The van der Waals surface area contributed by atoms with Crippen molar-refractivity contribution in [2.75, 3.05) is 20.2 Å². The van der Waals surface area contributed by atoms with Crippen LogP contribution in [0.2, 0.25) is 0 Å². The maximum absolute atomic E-state index is 12.8. The highest BCUT2D eigenvalue weighted by Gasteiger charge is 2.25. The highest BCUT2D eigenvalue weighted by atomic mass is 16.5. The number of hydrogen-bond donors (Lipinski definition) is 1. The van der Waals surface area contributed by atoms with Crippen LogP contribution in [0.25, 0.3) is 0 Å². The second-order valence-electron chi connectivity index (χ2n) is 8.99. The quantitative estimate of drug-likeness (QED) is 0.815. The molecule has 1 fully saturated rings. The molecule has 0 atom stereocenters. The summed E-state index contributed by atoms with van der Waals surface area (Å²) in [6, 6.07) is 15.6. The molecule has 1 aliphatic heterocycles. The summed E-state index contributed by atoms with van der Waals surface area (Å²) in [6.07, 6.45) is 1.91. The van der Waals surface area contributed by atoms with Crippen molar-refractivity contribution in [2.24, 2.45) is 0 Å². The highest BCUT2D eigenvalue weighted by Crippen LogP contribution is 2.23. The highest BCUT2D eigenvalue weighted by molar-refractivity contribution is 5.94. The number of amides is 2. The fourth-order valence-corrected chi connectivity index (χ4v) is 3.73. The largest absolute Gasteiger partial charge is 0.497 e. The van der Waals surface area contributed by atoms with E-state index in [1.165, 1.54) is 5.56 Å². The Morgan fingerprint density at radius 1 is 1.00 bits per heavy atom. The smallest absolute Gasteiger partial charge is 0.253 e. The minimum absolute atomic E-state index is 0.0164. The van der Waals surface area contributed by atoms with E-state index < -0.39 is 0 Å². The fourth-order valence-electron chi connectivity index (χ4n) is 3.73. The molecule has 0 spiro atoms. The van der Waals surface area contributed by atoms with E-state index in [1.54, 1.807) is 7.11 Å². The van der Waals surface area contributed by atoms with Crippen LogP contribution in [0.3, 0.4) is 0 Å². The van der Waals surface area contributed by atoms with Crippen LogP contribution in [-0.2, 0) is 16.6 Å². The lowest BCUT2D eigenvalue weighted by atomic mass is 9.86. The molecule has 0 aliphatic carbocycles. The lowest BCUT2D eigenvalue weighted by Crippen LogP contribution is -2.46. The van der Waals surface area contributed by atoms with Crippen LogP contribution in [-0.4, -0.2) is 43.0 Å². The molecule has 1 aliphatic rings. The Morgan fingerprint density at radius 3 is 2.13 bits per heavy atom. The molecule has 0 bridgehead atoms. The van der Waals surface area contributed by atoms with Crippen LogP contribution in [0.1, 0.15) is 55.1 Å². The molecule has 2 amide bonds. The number of rotatable bonds is 5. The summed E-state index contributed by atoms with van der Waals surface area (Å²) in [7, 11) is 1.62. The topological polar surface area (TPSA) is 58.6 Å². The van der Waals surface area contributed by atoms with Crippen molar-refractivity contribution in [3.8, 4) is 5.75 Å². The molecule has 0 unspecified atom stereocenters. The first kappa shape index (κ1) is 21.9. The van der Waals surface area contributed by atoms with Gasteiger partial charge in [0.1, 0.15) is 5.75 Å². The van der Waals surface area contributed by atoms with E-state index in [-0.39, 0.29) is 23.3 Å². The summed E-state index contributed by atoms with van der Waals surface area (Å²) < 4.78 is 5.14. The summed E-state index contributed by atoms with van der Waals surface area (Å²) in [4.78, 5) is 27.1. The lowest BCUT2D eigenvalue weighted by molar-refractivity contribution is -0.121. The van der Waals surface area contributed by atoms with Gasteiger partial charge in [-0.05, 0) is 53.6 Å². The van der Waals surface area contributed by atoms with E-state index in [4.69, 9.17) is 4.74 Å². The van der Waals surface area contributed by atoms with Gasteiger partial charge < -0.3 is 15.0 Å². The van der Waals surface area contributed by atoms with Gasteiger partial charge in [0.25, 0.3) is 5.91 Å². The lowest BCUT2D eigenvalue weighted by Gasteiger charge is -2.32. The SMILES string of the molecule is COc1ccc(CC(=O)NC2CCN(C(=O)c3ccc(C(C)(C)C)cc3)CC2)cc1. The van der Waals surface area contributed by atoms with Gasteiger partial charge in [-0.2, -0.15) is 0 Å². The van der Waals surface area contributed by atoms with Gasteiger partial charge >= 0.3 is 0 Å². The third kappa shape index (κ3) is 5.62. The normalized spacial score (nSPS) is 15.0. The van der Waals surface area contributed by atoms with E-state index in [0.29, 0.717) is 19.5 Å². The van der Waals surface area contributed by atoms with Crippen LogP contribution in [0.15, 0.2) is 48.5 Å². The van der Waals surface area contributed by atoms with Gasteiger partial charge in [-0.1, -0.05) is 45.0 Å². The zero-order valence-electron chi connectivity index (χ0n) is 18.4. The number of piperidine rings is 1. The molecular weight excluding hydrogens is 376 g/mol. The van der Waals surface area contributed by atoms with Crippen molar-refractivity contribution in [2.45, 2.75) is 51.5 Å². The average molecular weight is 409 g/mol. The summed E-state index contributed by atoms with van der Waals surface area (Å²) in [5, 5.41) is 3.11. The Kier molecular flexibility index (Phi) is 6.80. The first-order valence-corrected chi connectivity index (χ1v) is 10.6. The minimum atomic E-state index is 0.0164. The second kappa shape index (κ2) is 9.33. The number of likely N-dealkylation sites (tertiary alicyclic amines) is 1. The Labute approximate surface area is 179 Å². The van der Waals surface area contributed by atoms with Crippen molar-refractivity contribution in [3.05, 3.63) is 65.2 Å². The van der Waals surface area contributed by atoms with Gasteiger partial charge in [-0.3, -0.25) is 9.59 Å². The molecule has 0 aromatic heterocycles. The molecular formula is C25H32N2O3. The zero-order chi connectivity index (χ0) is 21.7. The van der Waals surface area contributed by atoms with Crippen molar-refractivity contribution < 1.29 is 14.3 Å². The third-order valence-electron chi connectivity index (χ3n) is 5.67. The van der Waals surface area contributed by atoms with E-state index in [9.17, 15) is 9.59 Å². The van der Waals surface area contributed by atoms with Crippen molar-refractivity contribution in [1.82, 2.24) is 10.2 Å².